The van der Waals surface area contributed by atoms with Crippen LogP contribution in [0.15, 0.2) is 0 Å². The number of hydrogen-bond acceptors (Lipinski definition) is 2. The second kappa shape index (κ2) is 13.4. The Bertz CT molecular complexity index is 224. The predicted molar refractivity (Wildman–Crippen MR) is 102 cm³/mol. The van der Waals surface area contributed by atoms with Crippen molar-refractivity contribution in [3.63, 3.8) is 0 Å². The number of piperidine rings is 2. The molecule has 0 aliphatic carbocycles. The zero-order valence-corrected chi connectivity index (χ0v) is 16.7. The van der Waals surface area contributed by atoms with E-state index in [4.69, 9.17) is 0 Å². The third-order valence-electron chi connectivity index (χ3n) is 5.27. The summed E-state index contributed by atoms with van der Waals surface area (Å²) in [5.41, 5.74) is 0. The quantitative estimate of drug-likeness (QED) is 0.709. The maximum Gasteiger partial charge on any atom is -0.00160 e. The molecule has 0 saturated carbocycles. The molecule has 22 heavy (non-hydrogen) atoms. The van der Waals surface area contributed by atoms with Crippen LogP contribution in [0.25, 0.3) is 0 Å². The van der Waals surface area contributed by atoms with E-state index in [1.54, 1.807) is 0 Å². The van der Waals surface area contributed by atoms with Crippen molar-refractivity contribution in [1.29, 1.82) is 0 Å². The Hall–Kier alpha value is -0.0800. The van der Waals surface area contributed by atoms with E-state index in [2.05, 4.69) is 30.7 Å². The third kappa shape index (κ3) is 8.53. The van der Waals surface area contributed by atoms with E-state index < -0.39 is 0 Å². The topological polar surface area (TPSA) is 6.48 Å². The first-order valence-electron chi connectivity index (χ1n) is 10.1. The standard InChI is InChI=1S/C16H32N2.2C2H6/c1-14(2)16-7-12-18(13-8-16)11-6-15-4-9-17(3)10-5-15;2*1-2/h14-16H,4-13H2,1-3H3;2*1-2H3. The van der Waals surface area contributed by atoms with E-state index >= 15 is 0 Å². The molecule has 2 saturated heterocycles. The fourth-order valence-corrected chi connectivity index (χ4v) is 3.56. The third-order valence-corrected chi connectivity index (χ3v) is 5.27. The van der Waals surface area contributed by atoms with Crippen molar-refractivity contribution in [3.05, 3.63) is 0 Å². The van der Waals surface area contributed by atoms with Crippen molar-refractivity contribution in [1.82, 2.24) is 9.80 Å². The Morgan fingerprint density at radius 2 is 1.32 bits per heavy atom. The number of likely N-dealkylation sites (tertiary alicyclic amines) is 2. The summed E-state index contributed by atoms with van der Waals surface area (Å²) >= 11 is 0. The first-order valence-corrected chi connectivity index (χ1v) is 10.1. The van der Waals surface area contributed by atoms with Crippen LogP contribution in [0.2, 0.25) is 0 Å². The summed E-state index contributed by atoms with van der Waals surface area (Å²) in [7, 11) is 2.26. The van der Waals surface area contributed by atoms with Gasteiger partial charge in [-0.25, -0.2) is 0 Å². The Labute approximate surface area is 141 Å². The maximum atomic E-state index is 2.72. The first kappa shape index (κ1) is 21.9. The summed E-state index contributed by atoms with van der Waals surface area (Å²) < 4.78 is 0. The molecule has 0 atom stereocenters. The largest absolute Gasteiger partial charge is 0.306 e. The Balaban J connectivity index is 0.00000102. The summed E-state index contributed by atoms with van der Waals surface area (Å²) in [6.07, 6.45) is 7.17. The van der Waals surface area contributed by atoms with Crippen LogP contribution in [-0.2, 0) is 0 Å². The van der Waals surface area contributed by atoms with Gasteiger partial charge in [-0.05, 0) is 89.6 Å². The van der Waals surface area contributed by atoms with Crippen LogP contribution < -0.4 is 0 Å². The van der Waals surface area contributed by atoms with Crippen LogP contribution in [0.5, 0.6) is 0 Å². The maximum absolute atomic E-state index is 2.72. The highest BCUT2D eigenvalue weighted by atomic mass is 15.1. The lowest BCUT2D eigenvalue weighted by molar-refractivity contribution is 0.138. The zero-order chi connectivity index (χ0) is 17.0. The minimum atomic E-state index is 0.890. The van der Waals surface area contributed by atoms with Crippen molar-refractivity contribution in [2.75, 3.05) is 39.8 Å². The highest BCUT2D eigenvalue weighted by Gasteiger charge is 2.22. The van der Waals surface area contributed by atoms with Gasteiger partial charge in [-0.15, -0.1) is 0 Å². The average Bonchev–Trinajstić information content (AvgIpc) is 2.58. The lowest BCUT2D eigenvalue weighted by atomic mass is 9.86. The molecule has 0 unspecified atom stereocenters. The van der Waals surface area contributed by atoms with Gasteiger partial charge in [0.1, 0.15) is 0 Å². The summed E-state index contributed by atoms with van der Waals surface area (Å²) in [6.45, 7) is 19.5. The average molecular weight is 313 g/mol. The van der Waals surface area contributed by atoms with E-state index in [1.807, 2.05) is 27.7 Å². The van der Waals surface area contributed by atoms with Gasteiger partial charge in [0.05, 0.1) is 0 Å². The summed E-state index contributed by atoms with van der Waals surface area (Å²) in [5, 5.41) is 0. The lowest BCUT2D eigenvalue weighted by Crippen LogP contribution is -2.37. The second-order valence-corrected chi connectivity index (χ2v) is 6.96. The van der Waals surface area contributed by atoms with E-state index in [0.717, 1.165) is 17.8 Å². The Morgan fingerprint density at radius 3 is 1.77 bits per heavy atom. The Morgan fingerprint density at radius 1 is 0.818 bits per heavy atom. The van der Waals surface area contributed by atoms with E-state index in [9.17, 15) is 0 Å². The summed E-state index contributed by atoms with van der Waals surface area (Å²) in [6, 6.07) is 0. The van der Waals surface area contributed by atoms with E-state index in [1.165, 1.54) is 64.8 Å². The molecule has 2 aliphatic heterocycles. The molecule has 134 valence electrons. The van der Waals surface area contributed by atoms with Gasteiger partial charge in [-0.2, -0.15) is 0 Å². The molecule has 0 spiro atoms. The molecule has 2 fully saturated rings. The van der Waals surface area contributed by atoms with Gasteiger partial charge in [0.15, 0.2) is 0 Å². The fourth-order valence-electron chi connectivity index (χ4n) is 3.56. The summed E-state index contributed by atoms with van der Waals surface area (Å²) in [4.78, 5) is 5.20. The van der Waals surface area contributed by atoms with E-state index in [-0.39, 0.29) is 0 Å². The van der Waals surface area contributed by atoms with Crippen molar-refractivity contribution < 1.29 is 0 Å². The van der Waals surface area contributed by atoms with Crippen LogP contribution in [0.4, 0.5) is 0 Å². The molecule has 0 aromatic heterocycles. The second-order valence-electron chi connectivity index (χ2n) is 6.96. The molecular formula is C20H44N2. The summed E-state index contributed by atoms with van der Waals surface area (Å²) in [5.74, 6) is 2.88. The molecule has 0 bridgehead atoms. The number of rotatable bonds is 4. The minimum Gasteiger partial charge on any atom is -0.306 e. The van der Waals surface area contributed by atoms with Crippen LogP contribution in [-0.4, -0.2) is 49.6 Å². The molecular weight excluding hydrogens is 268 g/mol. The van der Waals surface area contributed by atoms with Gasteiger partial charge in [0.25, 0.3) is 0 Å². The number of hydrogen-bond donors (Lipinski definition) is 0. The van der Waals surface area contributed by atoms with Gasteiger partial charge in [0, 0.05) is 0 Å². The molecule has 2 heterocycles. The van der Waals surface area contributed by atoms with Gasteiger partial charge < -0.3 is 9.80 Å². The molecule has 2 nitrogen and oxygen atoms in total. The van der Waals surface area contributed by atoms with Crippen LogP contribution in [0, 0.1) is 17.8 Å². The van der Waals surface area contributed by atoms with Crippen molar-refractivity contribution in [2.24, 2.45) is 17.8 Å². The highest BCUT2D eigenvalue weighted by Crippen LogP contribution is 2.26. The van der Waals surface area contributed by atoms with Gasteiger partial charge >= 0.3 is 0 Å². The SMILES string of the molecule is CC.CC.CC(C)C1CCN(CCC2CCN(C)CC2)CC1. The van der Waals surface area contributed by atoms with Crippen LogP contribution in [0.1, 0.15) is 73.6 Å². The van der Waals surface area contributed by atoms with Gasteiger partial charge in [0.2, 0.25) is 0 Å². The molecule has 2 aliphatic rings. The highest BCUT2D eigenvalue weighted by molar-refractivity contribution is 4.76. The normalized spacial score (nSPS) is 21.8. The van der Waals surface area contributed by atoms with Crippen molar-refractivity contribution >= 4 is 0 Å². The van der Waals surface area contributed by atoms with Gasteiger partial charge in [-0.3, -0.25) is 0 Å². The van der Waals surface area contributed by atoms with Crippen molar-refractivity contribution in [2.45, 2.75) is 73.6 Å². The monoisotopic (exact) mass is 312 g/mol. The fraction of sp³-hybridized carbons (Fsp3) is 1.00. The van der Waals surface area contributed by atoms with Crippen LogP contribution in [0.3, 0.4) is 0 Å². The molecule has 0 aromatic carbocycles. The van der Waals surface area contributed by atoms with Crippen LogP contribution >= 0.6 is 0 Å². The van der Waals surface area contributed by atoms with E-state index in [0.29, 0.717) is 0 Å². The number of nitrogens with zero attached hydrogens (tertiary/aromatic N) is 2. The van der Waals surface area contributed by atoms with Crippen molar-refractivity contribution in [3.8, 4) is 0 Å². The molecule has 2 rings (SSSR count). The minimum absolute atomic E-state index is 0.890. The smallest absolute Gasteiger partial charge is 0.00160 e. The zero-order valence-electron chi connectivity index (χ0n) is 16.7. The molecule has 0 amide bonds. The Kier molecular flexibility index (Phi) is 13.3. The molecule has 2 heteroatoms. The molecule has 0 aromatic rings. The molecule has 0 N–H and O–H groups in total. The van der Waals surface area contributed by atoms with Gasteiger partial charge in [-0.1, -0.05) is 41.5 Å². The lowest BCUT2D eigenvalue weighted by Gasteiger charge is -2.35. The predicted octanol–water partition coefficient (Wildman–Crippen LogP) is 5.14. The molecule has 0 radical (unpaired) electrons. The first-order chi connectivity index (χ1) is 10.6.